The Morgan fingerprint density at radius 3 is 2.93 bits per heavy atom. The highest BCUT2D eigenvalue weighted by Crippen LogP contribution is 2.31. The molecule has 0 spiro atoms. The Labute approximate surface area is 94.9 Å². The van der Waals surface area contributed by atoms with Crippen LogP contribution in [0.4, 0.5) is 0 Å². The van der Waals surface area contributed by atoms with Crippen LogP contribution in [0.3, 0.4) is 0 Å². The van der Waals surface area contributed by atoms with Gasteiger partial charge in [-0.15, -0.1) is 0 Å². The first kappa shape index (κ1) is 11.0. The first-order valence-corrected chi connectivity index (χ1v) is 6.60. The molecule has 0 bridgehead atoms. The smallest absolute Gasteiger partial charge is 0.107 e. The van der Waals surface area contributed by atoms with Crippen molar-refractivity contribution >= 4 is 11.8 Å². The van der Waals surface area contributed by atoms with E-state index in [1.165, 1.54) is 25.7 Å². The second-order valence-corrected chi connectivity index (χ2v) is 5.50. The van der Waals surface area contributed by atoms with Crippen LogP contribution in [0.5, 0.6) is 0 Å². The lowest BCUT2D eigenvalue weighted by atomic mass is 10.3. The summed E-state index contributed by atoms with van der Waals surface area (Å²) >= 11 is 1.90. The summed E-state index contributed by atoms with van der Waals surface area (Å²) in [4.78, 5) is 0. The van der Waals surface area contributed by atoms with Gasteiger partial charge in [0.15, 0.2) is 0 Å². The van der Waals surface area contributed by atoms with Gasteiger partial charge in [-0.25, -0.2) is 0 Å². The maximum absolute atomic E-state index is 9.90. The third-order valence-corrected chi connectivity index (χ3v) is 4.32. The van der Waals surface area contributed by atoms with Gasteiger partial charge in [-0.3, -0.25) is 4.68 Å². The molecule has 1 fully saturated rings. The quantitative estimate of drug-likeness (QED) is 0.854. The van der Waals surface area contributed by atoms with Crippen molar-refractivity contribution in [3.8, 4) is 0 Å². The molecule has 1 aromatic rings. The molecule has 1 aromatic heterocycles. The van der Waals surface area contributed by atoms with E-state index in [2.05, 4.69) is 5.10 Å². The van der Waals surface area contributed by atoms with Crippen molar-refractivity contribution < 1.29 is 5.11 Å². The molecule has 1 heterocycles. The van der Waals surface area contributed by atoms with Crippen molar-refractivity contribution in [3.63, 3.8) is 0 Å². The van der Waals surface area contributed by atoms with Gasteiger partial charge >= 0.3 is 0 Å². The topological polar surface area (TPSA) is 38.0 Å². The molecular weight excluding hydrogens is 208 g/mol. The average molecular weight is 226 g/mol. The molecule has 4 heteroatoms. The Bertz CT molecular complexity index is 307. The molecule has 0 amide bonds. The Kier molecular flexibility index (Phi) is 3.70. The third-order valence-electron chi connectivity index (χ3n) is 2.87. The molecule has 0 aliphatic heterocycles. The molecule has 1 aliphatic rings. The van der Waals surface area contributed by atoms with Gasteiger partial charge in [0.2, 0.25) is 0 Å². The fourth-order valence-corrected chi connectivity index (χ4v) is 3.27. The Morgan fingerprint density at radius 2 is 2.33 bits per heavy atom. The van der Waals surface area contributed by atoms with E-state index >= 15 is 0 Å². The summed E-state index contributed by atoms with van der Waals surface area (Å²) in [5.74, 6) is 0.779. The van der Waals surface area contributed by atoms with Gasteiger partial charge < -0.3 is 5.11 Å². The second kappa shape index (κ2) is 5.03. The predicted octanol–water partition coefficient (Wildman–Crippen LogP) is 2.13. The lowest BCUT2D eigenvalue weighted by Gasteiger charge is -2.11. The van der Waals surface area contributed by atoms with E-state index in [0.29, 0.717) is 0 Å². The highest BCUT2D eigenvalue weighted by atomic mass is 32.2. The average Bonchev–Trinajstić information content (AvgIpc) is 2.84. The zero-order chi connectivity index (χ0) is 10.7. The molecule has 84 valence electrons. The van der Waals surface area contributed by atoms with Gasteiger partial charge in [-0.05, 0) is 18.9 Å². The van der Waals surface area contributed by atoms with E-state index in [4.69, 9.17) is 0 Å². The number of thioether (sulfide) groups is 1. The molecule has 1 aliphatic carbocycles. The Morgan fingerprint density at radius 1 is 1.60 bits per heavy atom. The predicted molar refractivity (Wildman–Crippen MR) is 62.9 cm³/mol. The van der Waals surface area contributed by atoms with Crippen LogP contribution in [-0.2, 0) is 7.05 Å². The summed E-state index contributed by atoms with van der Waals surface area (Å²) in [7, 11) is 1.88. The summed E-state index contributed by atoms with van der Waals surface area (Å²) in [5.41, 5.74) is 0.794. The summed E-state index contributed by atoms with van der Waals surface area (Å²) in [6, 6.07) is 1.89. The van der Waals surface area contributed by atoms with Crippen LogP contribution in [-0.4, -0.2) is 25.9 Å². The molecule has 0 aromatic carbocycles. The summed E-state index contributed by atoms with van der Waals surface area (Å²) in [5, 5.41) is 14.9. The molecular formula is C11H18N2OS. The van der Waals surface area contributed by atoms with Gasteiger partial charge in [0.05, 0.1) is 5.69 Å². The first-order valence-electron chi connectivity index (χ1n) is 5.55. The van der Waals surface area contributed by atoms with Crippen molar-refractivity contribution in [1.82, 2.24) is 9.78 Å². The highest BCUT2D eigenvalue weighted by Gasteiger charge is 2.18. The zero-order valence-corrected chi connectivity index (χ0v) is 9.91. The fourth-order valence-electron chi connectivity index (χ4n) is 1.98. The number of nitrogens with zero attached hydrogens (tertiary/aromatic N) is 2. The summed E-state index contributed by atoms with van der Waals surface area (Å²) < 4.78 is 1.73. The van der Waals surface area contributed by atoms with Crippen molar-refractivity contribution in [2.45, 2.75) is 37.0 Å². The van der Waals surface area contributed by atoms with Crippen LogP contribution in [0.25, 0.3) is 0 Å². The van der Waals surface area contributed by atoms with E-state index in [1.807, 2.05) is 31.1 Å². The van der Waals surface area contributed by atoms with Crippen LogP contribution in [0.15, 0.2) is 12.3 Å². The Hall–Kier alpha value is -0.480. The Balaban J connectivity index is 1.79. The van der Waals surface area contributed by atoms with E-state index in [0.717, 1.165) is 16.7 Å². The van der Waals surface area contributed by atoms with Crippen LogP contribution < -0.4 is 0 Å². The lowest BCUT2D eigenvalue weighted by Crippen LogP contribution is -2.06. The van der Waals surface area contributed by atoms with E-state index in [-0.39, 0.29) is 0 Å². The SMILES string of the molecule is Cn1ccc(C(O)CSC2CCCC2)n1. The monoisotopic (exact) mass is 226 g/mol. The maximum Gasteiger partial charge on any atom is 0.107 e. The molecule has 15 heavy (non-hydrogen) atoms. The number of hydrogen-bond donors (Lipinski definition) is 1. The largest absolute Gasteiger partial charge is 0.386 e. The van der Waals surface area contributed by atoms with Gasteiger partial charge in [-0.2, -0.15) is 16.9 Å². The van der Waals surface area contributed by atoms with Crippen LogP contribution in [0.1, 0.15) is 37.5 Å². The number of aryl methyl sites for hydroxylation is 1. The maximum atomic E-state index is 9.90. The van der Waals surface area contributed by atoms with Gasteiger partial charge in [-0.1, -0.05) is 12.8 Å². The van der Waals surface area contributed by atoms with Gasteiger partial charge in [0.1, 0.15) is 6.10 Å². The molecule has 0 saturated heterocycles. The van der Waals surface area contributed by atoms with Crippen molar-refractivity contribution in [1.29, 1.82) is 0 Å². The molecule has 1 unspecified atom stereocenters. The zero-order valence-electron chi connectivity index (χ0n) is 9.09. The van der Waals surface area contributed by atoms with E-state index in [9.17, 15) is 5.11 Å². The van der Waals surface area contributed by atoms with Crippen molar-refractivity contribution in [2.75, 3.05) is 5.75 Å². The molecule has 2 rings (SSSR count). The number of hydrogen-bond acceptors (Lipinski definition) is 3. The minimum atomic E-state index is -0.406. The van der Waals surface area contributed by atoms with Gasteiger partial charge in [0.25, 0.3) is 0 Å². The van der Waals surface area contributed by atoms with Crippen LogP contribution >= 0.6 is 11.8 Å². The number of aromatic nitrogens is 2. The standard InChI is InChI=1S/C11H18N2OS/c1-13-7-6-10(12-13)11(14)8-15-9-4-2-3-5-9/h6-7,9,11,14H,2-5,8H2,1H3. The fraction of sp³-hybridized carbons (Fsp3) is 0.727. The molecule has 1 saturated carbocycles. The molecule has 1 atom stereocenters. The minimum Gasteiger partial charge on any atom is -0.386 e. The molecule has 1 N–H and O–H groups in total. The second-order valence-electron chi connectivity index (χ2n) is 4.17. The first-order chi connectivity index (χ1) is 7.25. The third kappa shape index (κ3) is 2.98. The normalized spacial score (nSPS) is 19.6. The highest BCUT2D eigenvalue weighted by molar-refractivity contribution is 7.99. The van der Waals surface area contributed by atoms with Crippen LogP contribution in [0.2, 0.25) is 0 Å². The van der Waals surface area contributed by atoms with Gasteiger partial charge in [0, 0.05) is 24.2 Å². The number of rotatable bonds is 4. The van der Waals surface area contributed by atoms with E-state index in [1.54, 1.807) is 4.68 Å². The summed E-state index contributed by atoms with van der Waals surface area (Å²) in [6.07, 6.45) is 6.82. The van der Waals surface area contributed by atoms with Crippen LogP contribution in [0, 0.1) is 0 Å². The number of aliphatic hydroxyl groups is 1. The summed E-state index contributed by atoms with van der Waals surface area (Å²) in [6.45, 7) is 0. The minimum absolute atomic E-state index is 0.406. The number of aliphatic hydroxyl groups excluding tert-OH is 1. The molecule has 0 radical (unpaired) electrons. The van der Waals surface area contributed by atoms with Crippen molar-refractivity contribution in [2.24, 2.45) is 7.05 Å². The van der Waals surface area contributed by atoms with Crippen molar-refractivity contribution in [3.05, 3.63) is 18.0 Å². The van der Waals surface area contributed by atoms with E-state index < -0.39 is 6.10 Å². The molecule has 3 nitrogen and oxygen atoms in total. The lowest BCUT2D eigenvalue weighted by molar-refractivity contribution is 0.198.